The molecule has 0 aromatic carbocycles. The molecule has 2 aliphatic rings. The van der Waals surface area contributed by atoms with Crippen LogP contribution in [0.5, 0.6) is 11.6 Å². The monoisotopic (exact) mass is 286 g/mol. The van der Waals surface area contributed by atoms with Crippen LogP contribution < -0.4 is 14.8 Å². The highest BCUT2D eigenvalue weighted by molar-refractivity contribution is 6.02. The molecular formula is C14H14N4O3. The number of hydrogen-bond acceptors (Lipinski definition) is 5. The smallest absolute Gasteiger partial charge is 0.275 e. The summed E-state index contributed by atoms with van der Waals surface area (Å²) in [5, 5.41) is 7.07. The van der Waals surface area contributed by atoms with Crippen molar-refractivity contribution in [2.24, 2.45) is 0 Å². The summed E-state index contributed by atoms with van der Waals surface area (Å²) in [6.45, 7) is 0.945. The van der Waals surface area contributed by atoms with Crippen LogP contribution in [0.4, 0.5) is 5.82 Å². The van der Waals surface area contributed by atoms with Crippen LogP contribution in [-0.4, -0.2) is 33.9 Å². The van der Waals surface area contributed by atoms with Crippen molar-refractivity contribution < 1.29 is 14.3 Å². The molecule has 1 N–H and O–H groups in total. The number of nitrogens with one attached hydrogen (secondary N) is 1. The Labute approximate surface area is 120 Å². The highest BCUT2D eigenvalue weighted by Crippen LogP contribution is 2.36. The Hall–Kier alpha value is -2.57. The molecular weight excluding hydrogens is 272 g/mol. The van der Waals surface area contributed by atoms with Crippen LogP contribution in [0.2, 0.25) is 0 Å². The average molecular weight is 286 g/mol. The molecule has 0 radical (unpaired) electrons. The molecule has 2 aromatic heterocycles. The van der Waals surface area contributed by atoms with Crippen LogP contribution in [0.3, 0.4) is 0 Å². The lowest BCUT2D eigenvalue weighted by molar-refractivity contribution is 0.101. The molecule has 108 valence electrons. The van der Waals surface area contributed by atoms with Crippen LogP contribution in [0.15, 0.2) is 24.4 Å². The standard InChI is InChI=1S/C14H14N4O3/c19-13(17-12-5-6-15-18(12)9-1-2-9)10-3-4-11-14(16-10)21-8-7-20-11/h3-6,9H,1-2,7-8H2,(H,17,19). The van der Waals surface area contributed by atoms with E-state index >= 15 is 0 Å². The van der Waals surface area contributed by atoms with Crippen molar-refractivity contribution in [3.63, 3.8) is 0 Å². The summed E-state index contributed by atoms with van der Waals surface area (Å²) in [5.74, 6) is 1.35. The molecule has 21 heavy (non-hydrogen) atoms. The minimum atomic E-state index is -0.283. The van der Waals surface area contributed by atoms with E-state index in [-0.39, 0.29) is 5.91 Å². The summed E-state index contributed by atoms with van der Waals surface area (Å²) in [4.78, 5) is 16.5. The van der Waals surface area contributed by atoms with Gasteiger partial charge in [-0.3, -0.25) is 4.79 Å². The maximum absolute atomic E-state index is 12.3. The molecule has 0 spiro atoms. The van der Waals surface area contributed by atoms with Gasteiger partial charge in [0.15, 0.2) is 5.75 Å². The van der Waals surface area contributed by atoms with Crippen LogP contribution >= 0.6 is 0 Å². The first kappa shape index (κ1) is 12.2. The van der Waals surface area contributed by atoms with Crippen LogP contribution in [0.1, 0.15) is 29.4 Å². The lowest BCUT2D eigenvalue weighted by Gasteiger charge is -2.17. The van der Waals surface area contributed by atoms with Crippen molar-refractivity contribution in [2.75, 3.05) is 18.5 Å². The molecule has 1 aliphatic heterocycles. The van der Waals surface area contributed by atoms with E-state index in [1.165, 1.54) is 0 Å². The second-order valence-corrected chi connectivity index (χ2v) is 5.04. The second-order valence-electron chi connectivity index (χ2n) is 5.04. The van der Waals surface area contributed by atoms with Gasteiger partial charge in [-0.15, -0.1) is 0 Å². The number of nitrogens with zero attached hydrogens (tertiary/aromatic N) is 3. The van der Waals surface area contributed by atoms with Gasteiger partial charge >= 0.3 is 0 Å². The Bertz CT molecular complexity index is 693. The van der Waals surface area contributed by atoms with Gasteiger partial charge in [-0.25, -0.2) is 9.67 Å². The third-order valence-corrected chi connectivity index (χ3v) is 3.44. The van der Waals surface area contributed by atoms with Crippen molar-refractivity contribution in [2.45, 2.75) is 18.9 Å². The van der Waals surface area contributed by atoms with Gasteiger partial charge < -0.3 is 14.8 Å². The highest BCUT2D eigenvalue weighted by Gasteiger charge is 2.27. The SMILES string of the molecule is O=C(Nc1ccnn1C1CC1)c1ccc2c(n1)OCCO2. The van der Waals surface area contributed by atoms with Gasteiger partial charge in [-0.1, -0.05) is 0 Å². The van der Waals surface area contributed by atoms with Crippen molar-refractivity contribution >= 4 is 11.7 Å². The number of fused-ring (bicyclic) bond motifs is 1. The summed E-state index contributed by atoms with van der Waals surface area (Å²) in [6, 6.07) is 5.52. The zero-order chi connectivity index (χ0) is 14.2. The zero-order valence-electron chi connectivity index (χ0n) is 11.3. The van der Waals surface area contributed by atoms with Gasteiger partial charge in [0.2, 0.25) is 0 Å². The van der Waals surface area contributed by atoms with E-state index in [1.807, 2.05) is 4.68 Å². The zero-order valence-corrected chi connectivity index (χ0v) is 11.3. The Morgan fingerprint density at radius 2 is 2.10 bits per heavy atom. The largest absolute Gasteiger partial charge is 0.484 e. The summed E-state index contributed by atoms with van der Waals surface area (Å²) >= 11 is 0. The van der Waals surface area contributed by atoms with Gasteiger partial charge in [0.1, 0.15) is 24.7 Å². The summed E-state index contributed by atoms with van der Waals surface area (Å²) < 4.78 is 12.6. The Morgan fingerprint density at radius 3 is 2.95 bits per heavy atom. The number of carbonyl (C=O) groups is 1. The Morgan fingerprint density at radius 1 is 1.24 bits per heavy atom. The third kappa shape index (κ3) is 2.31. The summed E-state index contributed by atoms with van der Waals surface area (Å²) in [7, 11) is 0. The first-order valence-electron chi connectivity index (χ1n) is 6.93. The molecule has 7 heteroatoms. The number of ether oxygens (including phenoxy) is 2. The molecule has 4 rings (SSSR count). The van der Waals surface area contributed by atoms with Gasteiger partial charge in [-0.05, 0) is 25.0 Å². The van der Waals surface area contributed by atoms with Gasteiger partial charge in [0.25, 0.3) is 11.8 Å². The fourth-order valence-electron chi connectivity index (χ4n) is 2.26. The van der Waals surface area contributed by atoms with Gasteiger partial charge in [0.05, 0.1) is 12.2 Å². The lowest BCUT2D eigenvalue weighted by Crippen LogP contribution is -2.20. The Balaban J connectivity index is 1.55. The van der Waals surface area contributed by atoms with E-state index in [0.29, 0.717) is 42.4 Å². The maximum atomic E-state index is 12.3. The number of amides is 1. The molecule has 1 fully saturated rings. The van der Waals surface area contributed by atoms with Crippen LogP contribution in [0, 0.1) is 0 Å². The minimum absolute atomic E-state index is 0.283. The molecule has 0 bridgehead atoms. The van der Waals surface area contributed by atoms with Crippen molar-refractivity contribution in [3.8, 4) is 11.6 Å². The van der Waals surface area contributed by atoms with Crippen LogP contribution in [-0.2, 0) is 0 Å². The van der Waals surface area contributed by atoms with Gasteiger partial charge in [-0.2, -0.15) is 5.10 Å². The molecule has 0 atom stereocenters. The fraction of sp³-hybridized carbons (Fsp3) is 0.357. The first-order chi connectivity index (χ1) is 10.3. The summed E-state index contributed by atoms with van der Waals surface area (Å²) in [6.07, 6.45) is 3.89. The van der Waals surface area contributed by atoms with Crippen molar-refractivity contribution in [3.05, 3.63) is 30.1 Å². The first-order valence-corrected chi connectivity index (χ1v) is 6.93. The van der Waals surface area contributed by atoms with E-state index in [9.17, 15) is 4.79 Å². The molecule has 7 nitrogen and oxygen atoms in total. The molecule has 1 aliphatic carbocycles. The molecule has 2 aromatic rings. The van der Waals surface area contributed by atoms with E-state index in [4.69, 9.17) is 9.47 Å². The van der Waals surface area contributed by atoms with Gasteiger partial charge in [0, 0.05) is 6.07 Å². The number of rotatable bonds is 3. The second kappa shape index (κ2) is 4.76. The van der Waals surface area contributed by atoms with E-state index in [0.717, 1.165) is 12.8 Å². The number of anilines is 1. The number of hydrogen-bond donors (Lipinski definition) is 1. The molecule has 0 unspecified atom stereocenters. The number of pyridine rings is 1. The highest BCUT2D eigenvalue weighted by atomic mass is 16.6. The predicted molar refractivity (Wildman–Crippen MR) is 73.7 cm³/mol. The normalized spacial score (nSPS) is 16.6. The van der Waals surface area contributed by atoms with E-state index in [1.54, 1.807) is 24.4 Å². The van der Waals surface area contributed by atoms with E-state index < -0.39 is 0 Å². The number of aromatic nitrogens is 3. The lowest BCUT2D eigenvalue weighted by atomic mass is 10.3. The Kier molecular flexibility index (Phi) is 2.77. The topological polar surface area (TPSA) is 78.3 Å². The molecule has 1 amide bonds. The quantitative estimate of drug-likeness (QED) is 0.928. The van der Waals surface area contributed by atoms with E-state index in [2.05, 4.69) is 15.4 Å². The molecule has 0 saturated heterocycles. The molecule has 3 heterocycles. The fourth-order valence-corrected chi connectivity index (χ4v) is 2.26. The number of carbonyl (C=O) groups excluding carboxylic acids is 1. The maximum Gasteiger partial charge on any atom is 0.275 e. The van der Waals surface area contributed by atoms with Crippen LogP contribution in [0.25, 0.3) is 0 Å². The predicted octanol–water partition coefficient (Wildman–Crippen LogP) is 1.64. The van der Waals surface area contributed by atoms with Crippen molar-refractivity contribution in [1.82, 2.24) is 14.8 Å². The van der Waals surface area contributed by atoms with Crippen molar-refractivity contribution in [1.29, 1.82) is 0 Å². The third-order valence-electron chi connectivity index (χ3n) is 3.44. The average Bonchev–Trinajstić information content (AvgIpc) is 3.27. The molecule has 1 saturated carbocycles. The minimum Gasteiger partial charge on any atom is -0.484 e. The summed E-state index contributed by atoms with van der Waals surface area (Å²) in [5.41, 5.74) is 0.294.